The lowest BCUT2D eigenvalue weighted by molar-refractivity contribution is -0.137. The van der Waals surface area contributed by atoms with E-state index in [4.69, 9.17) is 22.1 Å². The molecule has 0 spiro atoms. The van der Waals surface area contributed by atoms with E-state index in [1.807, 2.05) is 0 Å². The van der Waals surface area contributed by atoms with Crippen LogP contribution in [0.1, 0.15) is 11.1 Å². The van der Waals surface area contributed by atoms with Crippen molar-refractivity contribution in [3.63, 3.8) is 0 Å². The quantitative estimate of drug-likeness (QED) is 0.789. The number of nitrogens with two attached hydrogens (primary N) is 1. The third kappa shape index (κ3) is 3.17. The predicted octanol–water partition coefficient (Wildman–Crippen LogP) is 5.04. The van der Waals surface area contributed by atoms with E-state index in [1.165, 1.54) is 6.07 Å². The average molecular weight is 302 g/mol. The fourth-order valence-electron chi connectivity index (χ4n) is 1.70. The Hall–Kier alpha value is -1.88. The summed E-state index contributed by atoms with van der Waals surface area (Å²) in [6.45, 7) is 1.76. The summed E-state index contributed by atoms with van der Waals surface area (Å²) in [7, 11) is 0. The lowest BCUT2D eigenvalue weighted by atomic mass is 10.2. The SMILES string of the molecule is Cc1cc(N)ccc1Oc1ccc(Cl)c(C(F)(F)F)c1. The Morgan fingerprint density at radius 2 is 1.80 bits per heavy atom. The number of aryl methyl sites for hydroxylation is 1. The average Bonchev–Trinajstić information content (AvgIpc) is 2.33. The van der Waals surface area contributed by atoms with Crippen molar-refractivity contribution in [1.29, 1.82) is 0 Å². The molecule has 0 fully saturated rings. The number of nitrogen functional groups attached to an aromatic ring is 1. The maximum atomic E-state index is 12.7. The fourth-order valence-corrected chi connectivity index (χ4v) is 1.92. The Kier molecular flexibility index (Phi) is 3.81. The normalized spacial score (nSPS) is 11.4. The third-order valence-electron chi connectivity index (χ3n) is 2.67. The summed E-state index contributed by atoms with van der Waals surface area (Å²) in [5, 5.41) is -0.362. The van der Waals surface area contributed by atoms with Crippen LogP contribution in [0.4, 0.5) is 18.9 Å². The van der Waals surface area contributed by atoms with Crippen molar-refractivity contribution in [2.45, 2.75) is 13.1 Å². The fraction of sp³-hybridized carbons (Fsp3) is 0.143. The number of benzene rings is 2. The number of ether oxygens (including phenoxy) is 1. The minimum absolute atomic E-state index is 0.0644. The molecule has 106 valence electrons. The predicted molar refractivity (Wildman–Crippen MR) is 72.1 cm³/mol. The summed E-state index contributed by atoms with van der Waals surface area (Å²) < 4.78 is 43.7. The zero-order chi connectivity index (χ0) is 14.9. The summed E-state index contributed by atoms with van der Waals surface area (Å²) in [5.74, 6) is 0.504. The molecule has 0 aliphatic carbocycles. The lowest BCUT2D eigenvalue weighted by Gasteiger charge is -2.13. The zero-order valence-corrected chi connectivity index (χ0v) is 11.2. The standard InChI is InChI=1S/C14H11ClF3NO/c1-8-6-9(19)2-5-13(8)20-10-3-4-12(15)11(7-10)14(16,17)18/h2-7H,19H2,1H3. The van der Waals surface area contributed by atoms with Gasteiger partial charge in [0.1, 0.15) is 11.5 Å². The van der Waals surface area contributed by atoms with Gasteiger partial charge in [0.15, 0.2) is 0 Å². The van der Waals surface area contributed by atoms with Gasteiger partial charge in [0, 0.05) is 5.69 Å². The number of halogens is 4. The second kappa shape index (κ2) is 5.25. The van der Waals surface area contributed by atoms with Crippen molar-refractivity contribution in [3.05, 3.63) is 52.5 Å². The van der Waals surface area contributed by atoms with Gasteiger partial charge in [0.2, 0.25) is 0 Å². The highest BCUT2D eigenvalue weighted by Crippen LogP contribution is 2.38. The van der Waals surface area contributed by atoms with E-state index in [0.717, 1.165) is 17.7 Å². The van der Waals surface area contributed by atoms with Gasteiger partial charge in [-0.25, -0.2) is 0 Å². The molecule has 0 amide bonds. The van der Waals surface area contributed by atoms with Crippen LogP contribution in [0, 0.1) is 6.92 Å². The van der Waals surface area contributed by atoms with Crippen LogP contribution in [-0.2, 0) is 6.18 Å². The Bertz CT molecular complexity index is 641. The van der Waals surface area contributed by atoms with Crippen LogP contribution in [0.25, 0.3) is 0 Å². The Morgan fingerprint density at radius 1 is 1.10 bits per heavy atom. The topological polar surface area (TPSA) is 35.2 Å². The van der Waals surface area contributed by atoms with Gasteiger partial charge in [-0.15, -0.1) is 0 Å². The van der Waals surface area contributed by atoms with Gasteiger partial charge in [0.25, 0.3) is 0 Å². The number of hydrogen-bond donors (Lipinski definition) is 1. The molecule has 0 aliphatic heterocycles. The first kappa shape index (κ1) is 14.5. The van der Waals surface area contributed by atoms with Gasteiger partial charge in [-0.05, 0) is 48.9 Å². The van der Waals surface area contributed by atoms with E-state index in [0.29, 0.717) is 11.4 Å². The molecule has 0 bridgehead atoms. The summed E-state index contributed by atoms with van der Waals surface area (Å²) >= 11 is 5.54. The third-order valence-corrected chi connectivity index (χ3v) is 3.00. The van der Waals surface area contributed by atoms with Crippen molar-refractivity contribution in [3.8, 4) is 11.5 Å². The van der Waals surface area contributed by atoms with Crippen molar-refractivity contribution in [2.24, 2.45) is 0 Å². The monoisotopic (exact) mass is 301 g/mol. The molecule has 2 aromatic rings. The molecule has 0 saturated heterocycles. The summed E-state index contributed by atoms with van der Waals surface area (Å²) in [5.41, 5.74) is 5.96. The molecular weight excluding hydrogens is 291 g/mol. The number of anilines is 1. The van der Waals surface area contributed by atoms with Crippen LogP contribution in [0.3, 0.4) is 0 Å². The Labute approximate surface area is 118 Å². The molecule has 2 N–H and O–H groups in total. The van der Waals surface area contributed by atoms with E-state index in [-0.39, 0.29) is 10.8 Å². The van der Waals surface area contributed by atoms with Gasteiger partial charge < -0.3 is 10.5 Å². The van der Waals surface area contributed by atoms with E-state index >= 15 is 0 Å². The number of hydrogen-bond acceptors (Lipinski definition) is 2. The highest BCUT2D eigenvalue weighted by Gasteiger charge is 2.33. The Balaban J connectivity index is 2.35. The molecule has 2 rings (SSSR count). The molecule has 0 unspecified atom stereocenters. The van der Waals surface area contributed by atoms with E-state index < -0.39 is 11.7 Å². The van der Waals surface area contributed by atoms with Crippen molar-refractivity contribution in [1.82, 2.24) is 0 Å². The zero-order valence-electron chi connectivity index (χ0n) is 10.5. The lowest BCUT2D eigenvalue weighted by Crippen LogP contribution is -2.06. The Morgan fingerprint density at radius 3 is 2.40 bits per heavy atom. The van der Waals surface area contributed by atoms with Crippen LogP contribution in [-0.4, -0.2) is 0 Å². The van der Waals surface area contributed by atoms with E-state index in [2.05, 4.69) is 0 Å². The molecule has 0 radical (unpaired) electrons. The molecule has 0 aromatic heterocycles. The van der Waals surface area contributed by atoms with Crippen LogP contribution >= 0.6 is 11.6 Å². The molecule has 6 heteroatoms. The second-order valence-electron chi connectivity index (χ2n) is 4.27. The molecule has 0 atom stereocenters. The number of rotatable bonds is 2. The first-order chi connectivity index (χ1) is 9.27. The van der Waals surface area contributed by atoms with E-state index in [1.54, 1.807) is 25.1 Å². The molecule has 0 heterocycles. The first-order valence-electron chi connectivity index (χ1n) is 5.68. The second-order valence-corrected chi connectivity index (χ2v) is 4.67. The van der Waals surface area contributed by atoms with Crippen molar-refractivity contribution >= 4 is 17.3 Å². The van der Waals surface area contributed by atoms with Gasteiger partial charge in [-0.1, -0.05) is 11.6 Å². The molecule has 2 nitrogen and oxygen atoms in total. The smallest absolute Gasteiger partial charge is 0.417 e. The molecule has 0 aliphatic rings. The number of alkyl halides is 3. The minimum Gasteiger partial charge on any atom is -0.457 e. The van der Waals surface area contributed by atoms with E-state index in [9.17, 15) is 13.2 Å². The maximum absolute atomic E-state index is 12.7. The van der Waals surface area contributed by atoms with Gasteiger partial charge in [0.05, 0.1) is 10.6 Å². The maximum Gasteiger partial charge on any atom is 0.417 e. The summed E-state index contributed by atoms with van der Waals surface area (Å²) in [6.07, 6.45) is -4.52. The van der Waals surface area contributed by atoms with Crippen LogP contribution in [0.15, 0.2) is 36.4 Å². The highest BCUT2D eigenvalue weighted by molar-refractivity contribution is 6.31. The highest BCUT2D eigenvalue weighted by atomic mass is 35.5. The largest absolute Gasteiger partial charge is 0.457 e. The molecule has 20 heavy (non-hydrogen) atoms. The molecule has 0 saturated carbocycles. The van der Waals surface area contributed by atoms with Gasteiger partial charge >= 0.3 is 6.18 Å². The summed E-state index contributed by atoms with van der Waals surface area (Å²) in [6, 6.07) is 8.31. The van der Waals surface area contributed by atoms with Gasteiger partial charge in [-0.2, -0.15) is 13.2 Å². The van der Waals surface area contributed by atoms with Crippen LogP contribution in [0.5, 0.6) is 11.5 Å². The van der Waals surface area contributed by atoms with Gasteiger partial charge in [-0.3, -0.25) is 0 Å². The van der Waals surface area contributed by atoms with Crippen LogP contribution in [0.2, 0.25) is 5.02 Å². The minimum atomic E-state index is -4.52. The first-order valence-corrected chi connectivity index (χ1v) is 6.06. The molecular formula is C14H11ClF3NO. The van der Waals surface area contributed by atoms with Crippen molar-refractivity contribution < 1.29 is 17.9 Å². The van der Waals surface area contributed by atoms with Crippen molar-refractivity contribution in [2.75, 3.05) is 5.73 Å². The molecule has 2 aromatic carbocycles. The van der Waals surface area contributed by atoms with Crippen LogP contribution < -0.4 is 10.5 Å². The summed E-state index contributed by atoms with van der Waals surface area (Å²) in [4.78, 5) is 0.